The van der Waals surface area contributed by atoms with E-state index in [-0.39, 0.29) is 11.8 Å². The van der Waals surface area contributed by atoms with Crippen molar-refractivity contribution < 1.29 is 9.32 Å². The molecule has 0 N–H and O–H groups in total. The van der Waals surface area contributed by atoms with Gasteiger partial charge < -0.3 is 9.42 Å². The van der Waals surface area contributed by atoms with E-state index in [1.807, 2.05) is 0 Å². The molecule has 0 unspecified atom stereocenters. The predicted octanol–water partition coefficient (Wildman–Crippen LogP) is 0.872. The van der Waals surface area contributed by atoms with Crippen LogP contribution in [0, 0.1) is 0 Å². The molecular weight excluding hydrogens is 180 g/mol. The Morgan fingerprint density at radius 3 is 3.08 bits per heavy atom. The quantitative estimate of drug-likeness (QED) is 0.662. The van der Waals surface area contributed by atoms with Gasteiger partial charge >= 0.3 is 0 Å². The molecule has 0 aromatic carbocycles. The van der Waals surface area contributed by atoms with Crippen LogP contribution in [-0.2, 0) is 11.3 Å². The number of alkyl halides is 1. The van der Waals surface area contributed by atoms with E-state index in [9.17, 15) is 4.79 Å². The third-order valence-corrected chi connectivity index (χ3v) is 1.65. The smallest absolute Gasteiger partial charge is 0.237 e. The topological polar surface area (TPSA) is 46.3 Å². The van der Waals surface area contributed by atoms with Gasteiger partial charge in [-0.2, -0.15) is 0 Å². The summed E-state index contributed by atoms with van der Waals surface area (Å²) in [6.07, 6.45) is 1.54. The van der Waals surface area contributed by atoms with Crippen LogP contribution in [0.4, 0.5) is 0 Å². The molecular formula is C7H9ClN2O2. The molecule has 1 aromatic heterocycles. The summed E-state index contributed by atoms with van der Waals surface area (Å²) in [4.78, 5) is 12.4. The average molecular weight is 189 g/mol. The van der Waals surface area contributed by atoms with Crippen LogP contribution in [0.3, 0.4) is 0 Å². The van der Waals surface area contributed by atoms with Gasteiger partial charge in [0.25, 0.3) is 0 Å². The lowest BCUT2D eigenvalue weighted by atomic mass is 10.4. The maximum absolute atomic E-state index is 11.0. The summed E-state index contributed by atoms with van der Waals surface area (Å²) in [6.45, 7) is 0.408. The zero-order chi connectivity index (χ0) is 8.97. The van der Waals surface area contributed by atoms with Crippen LogP contribution in [0.1, 0.15) is 5.76 Å². The van der Waals surface area contributed by atoms with Crippen molar-refractivity contribution in [3.8, 4) is 0 Å². The van der Waals surface area contributed by atoms with Crippen LogP contribution in [-0.4, -0.2) is 28.9 Å². The van der Waals surface area contributed by atoms with Crippen LogP contribution < -0.4 is 0 Å². The second kappa shape index (κ2) is 4.11. The number of carbonyl (C=O) groups excluding carboxylic acids is 1. The van der Waals surface area contributed by atoms with Gasteiger partial charge in [-0.15, -0.1) is 11.6 Å². The molecule has 4 nitrogen and oxygen atoms in total. The van der Waals surface area contributed by atoms with Gasteiger partial charge in [0.2, 0.25) is 5.91 Å². The highest BCUT2D eigenvalue weighted by Crippen LogP contribution is 2.01. The molecule has 0 aliphatic rings. The number of hydrogen-bond acceptors (Lipinski definition) is 3. The highest BCUT2D eigenvalue weighted by atomic mass is 35.5. The minimum atomic E-state index is -0.131. The maximum Gasteiger partial charge on any atom is 0.237 e. The molecule has 0 saturated heterocycles. The molecule has 0 aliphatic heterocycles. The third-order valence-electron chi connectivity index (χ3n) is 1.42. The van der Waals surface area contributed by atoms with Crippen molar-refractivity contribution >= 4 is 17.5 Å². The van der Waals surface area contributed by atoms with Gasteiger partial charge in [0.15, 0.2) is 5.76 Å². The minimum absolute atomic E-state index is 0.00929. The zero-order valence-electron chi connectivity index (χ0n) is 6.66. The van der Waals surface area contributed by atoms with E-state index in [2.05, 4.69) is 5.16 Å². The minimum Gasteiger partial charge on any atom is -0.360 e. The highest BCUT2D eigenvalue weighted by Gasteiger charge is 2.08. The van der Waals surface area contributed by atoms with E-state index >= 15 is 0 Å². The molecule has 1 amide bonds. The van der Waals surface area contributed by atoms with Crippen molar-refractivity contribution in [1.29, 1.82) is 0 Å². The van der Waals surface area contributed by atoms with Gasteiger partial charge in [0.1, 0.15) is 5.88 Å². The van der Waals surface area contributed by atoms with Crippen LogP contribution >= 0.6 is 11.6 Å². The number of carbonyl (C=O) groups is 1. The summed E-state index contributed by atoms with van der Waals surface area (Å²) in [6, 6.07) is 1.71. The van der Waals surface area contributed by atoms with E-state index in [0.717, 1.165) is 0 Å². The first-order chi connectivity index (χ1) is 5.74. The normalized spacial score (nSPS) is 9.83. The second-order valence-corrected chi connectivity index (χ2v) is 2.63. The monoisotopic (exact) mass is 188 g/mol. The fourth-order valence-electron chi connectivity index (χ4n) is 0.748. The van der Waals surface area contributed by atoms with Gasteiger partial charge in [0, 0.05) is 13.1 Å². The number of rotatable bonds is 3. The molecule has 0 fully saturated rings. The molecule has 66 valence electrons. The van der Waals surface area contributed by atoms with E-state index in [0.29, 0.717) is 12.3 Å². The molecule has 5 heteroatoms. The van der Waals surface area contributed by atoms with E-state index in [1.165, 1.54) is 11.1 Å². The summed E-state index contributed by atoms with van der Waals surface area (Å²) in [5, 5.41) is 3.51. The molecule has 1 heterocycles. The molecule has 0 aliphatic carbocycles. The third kappa shape index (κ3) is 2.23. The summed E-state index contributed by atoms with van der Waals surface area (Å²) >= 11 is 5.35. The number of aromatic nitrogens is 1. The molecule has 12 heavy (non-hydrogen) atoms. The van der Waals surface area contributed by atoms with Gasteiger partial charge in [-0.25, -0.2) is 0 Å². The van der Waals surface area contributed by atoms with Crippen LogP contribution in [0.15, 0.2) is 16.8 Å². The van der Waals surface area contributed by atoms with Crippen molar-refractivity contribution in [3.63, 3.8) is 0 Å². The van der Waals surface area contributed by atoms with Crippen LogP contribution in [0.25, 0.3) is 0 Å². The molecule has 1 aromatic rings. The Kier molecular flexibility index (Phi) is 3.10. The number of hydrogen-bond donors (Lipinski definition) is 0. The lowest BCUT2D eigenvalue weighted by Gasteiger charge is -2.12. The summed E-state index contributed by atoms with van der Waals surface area (Å²) in [5.74, 6) is 0.508. The van der Waals surface area contributed by atoms with E-state index in [4.69, 9.17) is 16.1 Å². The summed E-state index contributed by atoms with van der Waals surface area (Å²) in [5.41, 5.74) is 0. The molecule has 0 bridgehead atoms. The first kappa shape index (κ1) is 9.06. The lowest BCUT2D eigenvalue weighted by molar-refractivity contribution is -0.127. The first-order valence-corrected chi connectivity index (χ1v) is 3.97. The maximum atomic E-state index is 11.0. The van der Waals surface area contributed by atoms with Crippen molar-refractivity contribution in [2.75, 3.05) is 12.9 Å². The Morgan fingerprint density at radius 1 is 1.83 bits per heavy atom. The molecule has 0 radical (unpaired) electrons. The largest absolute Gasteiger partial charge is 0.360 e. The Bertz CT molecular complexity index is 248. The van der Waals surface area contributed by atoms with Gasteiger partial charge in [-0.3, -0.25) is 4.79 Å². The highest BCUT2D eigenvalue weighted by molar-refractivity contribution is 6.27. The van der Waals surface area contributed by atoms with Crippen molar-refractivity contribution in [1.82, 2.24) is 10.1 Å². The van der Waals surface area contributed by atoms with Crippen LogP contribution in [0.2, 0.25) is 0 Å². The van der Waals surface area contributed by atoms with Gasteiger partial charge in [-0.1, -0.05) is 5.16 Å². The number of nitrogens with zero attached hydrogens (tertiary/aromatic N) is 2. The van der Waals surface area contributed by atoms with Gasteiger partial charge in [0.05, 0.1) is 12.7 Å². The Hall–Kier alpha value is -1.03. The molecule has 0 atom stereocenters. The second-order valence-electron chi connectivity index (χ2n) is 2.36. The standard InChI is InChI=1S/C7H9ClN2O2/c1-10(7(11)4-8)5-6-2-3-9-12-6/h2-3H,4-5H2,1H3. The SMILES string of the molecule is CN(Cc1ccno1)C(=O)CCl. The van der Waals surface area contributed by atoms with E-state index in [1.54, 1.807) is 13.1 Å². The summed E-state index contributed by atoms with van der Waals surface area (Å²) < 4.78 is 4.81. The fraction of sp³-hybridized carbons (Fsp3) is 0.429. The molecule has 1 rings (SSSR count). The number of halogens is 1. The zero-order valence-corrected chi connectivity index (χ0v) is 7.41. The number of amides is 1. The Labute approximate surface area is 75.1 Å². The van der Waals surface area contributed by atoms with Crippen molar-refractivity contribution in [2.45, 2.75) is 6.54 Å². The first-order valence-electron chi connectivity index (χ1n) is 3.43. The fourth-order valence-corrected chi connectivity index (χ4v) is 0.952. The van der Waals surface area contributed by atoms with Crippen LogP contribution in [0.5, 0.6) is 0 Å². The molecule has 0 saturated carbocycles. The Balaban J connectivity index is 2.47. The van der Waals surface area contributed by atoms with Crippen molar-refractivity contribution in [3.05, 3.63) is 18.0 Å². The predicted molar refractivity (Wildman–Crippen MR) is 43.7 cm³/mol. The van der Waals surface area contributed by atoms with Crippen molar-refractivity contribution in [2.24, 2.45) is 0 Å². The molecule has 0 spiro atoms. The summed E-state index contributed by atoms with van der Waals surface area (Å²) in [7, 11) is 1.66. The average Bonchev–Trinajstić information content (AvgIpc) is 2.55. The van der Waals surface area contributed by atoms with E-state index < -0.39 is 0 Å². The van der Waals surface area contributed by atoms with Gasteiger partial charge in [-0.05, 0) is 0 Å². The Morgan fingerprint density at radius 2 is 2.58 bits per heavy atom. The lowest BCUT2D eigenvalue weighted by Crippen LogP contribution is -2.26.